The standard InChI is InChI=1S/C17H19ClN4O/c1-10(2)6-12-13(18)8-20-15-7-11(21-16(12)15)9-22-5-3-4-14(19)17(22)23/h3-5,7-8,10,21H,6,9,19H2,1-2H3. The molecule has 0 aromatic carbocycles. The summed E-state index contributed by atoms with van der Waals surface area (Å²) in [4.78, 5) is 19.8. The summed E-state index contributed by atoms with van der Waals surface area (Å²) in [5.74, 6) is 0.487. The minimum atomic E-state index is -0.195. The number of hydrogen-bond donors (Lipinski definition) is 2. The number of halogens is 1. The molecule has 0 atom stereocenters. The van der Waals surface area contributed by atoms with Gasteiger partial charge < -0.3 is 15.3 Å². The predicted octanol–water partition coefficient (Wildman–Crippen LogP) is 3.21. The highest BCUT2D eigenvalue weighted by Crippen LogP contribution is 2.27. The Kier molecular flexibility index (Phi) is 4.13. The van der Waals surface area contributed by atoms with E-state index in [-0.39, 0.29) is 11.2 Å². The molecule has 23 heavy (non-hydrogen) atoms. The van der Waals surface area contributed by atoms with Gasteiger partial charge in [0.05, 0.1) is 28.3 Å². The molecule has 0 aliphatic rings. The highest BCUT2D eigenvalue weighted by atomic mass is 35.5. The molecule has 3 N–H and O–H groups in total. The zero-order chi connectivity index (χ0) is 16.6. The first-order chi connectivity index (χ1) is 11.0. The summed E-state index contributed by atoms with van der Waals surface area (Å²) in [6, 6.07) is 5.32. The van der Waals surface area contributed by atoms with Crippen LogP contribution in [0, 0.1) is 5.92 Å². The van der Waals surface area contributed by atoms with Crippen molar-refractivity contribution in [1.82, 2.24) is 14.5 Å². The second kappa shape index (κ2) is 6.08. The van der Waals surface area contributed by atoms with E-state index >= 15 is 0 Å². The molecule has 0 amide bonds. The van der Waals surface area contributed by atoms with Gasteiger partial charge in [0.15, 0.2) is 0 Å². The van der Waals surface area contributed by atoms with Gasteiger partial charge >= 0.3 is 0 Å². The largest absolute Gasteiger partial charge is 0.394 e. The van der Waals surface area contributed by atoms with Gasteiger partial charge in [0.25, 0.3) is 5.56 Å². The van der Waals surface area contributed by atoms with Crippen molar-refractivity contribution in [3.63, 3.8) is 0 Å². The normalized spacial score (nSPS) is 11.5. The maximum atomic E-state index is 12.0. The Balaban J connectivity index is 2.03. The van der Waals surface area contributed by atoms with E-state index in [0.29, 0.717) is 17.5 Å². The number of nitrogens with one attached hydrogen (secondary N) is 1. The molecule has 0 unspecified atom stereocenters. The van der Waals surface area contributed by atoms with Gasteiger partial charge in [-0.15, -0.1) is 0 Å². The van der Waals surface area contributed by atoms with Crippen LogP contribution < -0.4 is 11.3 Å². The lowest BCUT2D eigenvalue weighted by molar-refractivity contribution is 0.649. The number of fused-ring (bicyclic) bond motifs is 1. The smallest absolute Gasteiger partial charge is 0.274 e. The second-order valence-corrected chi connectivity index (χ2v) is 6.54. The van der Waals surface area contributed by atoms with E-state index in [1.807, 2.05) is 6.07 Å². The fourth-order valence-electron chi connectivity index (χ4n) is 2.71. The first kappa shape index (κ1) is 15.6. The highest BCUT2D eigenvalue weighted by molar-refractivity contribution is 6.32. The van der Waals surface area contributed by atoms with Gasteiger partial charge in [0.1, 0.15) is 0 Å². The Morgan fingerprint density at radius 2 is 2.22 bits per heavy atom. The minimum Gasteiger partial charge on any atom is -0.394 e. The fraction of sp³-hybridized carbons (Fsp3) is 0.294. The molecule has 0 spiro atoms. The van der Waals surface area contributed by atoms with Crippen LogP contribution in [0.1, 0.15) is 25.1 Å². The molecule has 3 aromatic heterocycles. The molecule has 0 aliphatic heterocycles. The van der Waals surface area contributed by atoms with Crippen molar-refractivity contribution in [3.8, 4) is 0 Å². The first-order valence-corrected chi connectivity index (χ1v) is 7.93. The fourth-order valence-corrected chi connectivity index (χ4v) is 2.93. The summed E-state index contributed by atoms with van der Waals surface area (Å²) in [5, 5.41) is 0.667. The Hall–Kier alpha value is -2.27. The molecule has 0 saturated heterocycles. The molecule has 0 bridgehead atoms. The quantitative estimate of drug-likeness (QED) is 0.771. The Morgan fingerprint density at radius 1 is 1.43 bits per heavy atom. The molecular formula is C17H19ClN4O. The molecule has 120 valence electrons. The summed E-state index contributed by atoms with van der Waals surface area (Å²) >= 11 is 6.31. The topological polar surface area (TPSA) is 76.7 Å². The highest BCUT2D eigenvalue weighted by Gasteiger charge is 2.13. The molecule has 0 saturated carbocycles. The number of nitrogens with two attached hydrogens (primary N) is 1. The number of anilines is 1. The Bertz CT molecular complexity index is 911. The lowest BCUT2D eigenvalue weighted by Crippen LogP contribution is -2.22. The van der Waals surface area contributed by atoms with Crippen LogP contribution in [0.3, 0.4) is 0 Å². The summed E-state index contributed by atoms with van der Waals surface area (Å²) in [5.41, 5.74) is 9.49. The van der Waals surface area contributed by atoms with Gasteiger partial charge in [0, 0.05) is 18.1 Å². The summed E-state index contributed by atoms with van der Waals surface area (Å²) in [6.45, 7) is 4.72. The van der Waals surface area contributed by atoms with Crippen molar-refractivity contribution >= 4 is 28.3 Å². The zero-order valence-corrected chi connectivity index (χ0v) is 13.9. The number of pyridine rings is 2. The van der Waals surface area contributed by atoms with Crippen molar-refractivity contribution in [3.05, 3.63) is 57.2 Å². The third-order valence-electron chi connectivity index (χ3n) is 3.76. The monoisotopic (exact) mass is 330 g/mol. The van der Waals surface area contributed by atoms with Gasteiger partial charge in [-0.05, 0) is 36.1 Å². The van der Waals surface area contributed by atoms with Crippen molar-refractivity contribution in [1.29, 1.82) is 0 Å². The molecule has 3 rings (SSSR count). The van der Waals surface area contributed by atoms with E-state index in [2.05, 4.69) is 23.8 Å². The number of nitrogen functional groups attached to an aromatic ring is 1. The molecule has 0 fully saturated rings. The zero-order valence-electron chi connectivity index (χ0n) is 13.1. The van der Waals surface area contributed by atoms with Gasteiger partial charge in [-0.25, -0.2) is 0 Å². The average molecular weight is 331 g/mol. The van der Waals surface area contributed by atoms with Crippen molar-refractivity contribution < 1.29 is 0 Å². The van der Waals surface area contributed by atoms with E-state index in [1.165, 1.54) is 0 Å². The molecule has 3 heterocycles. The molecule has 5 nitrogen and oxygen atoms in total. The average Bonchev–Trinajstić information content (AvgIpc) is 2.90. The predicted molar refractivity (Wildman–Crippen MR) is 93.9 cm³/mol. The van der Waals surface area contributed by atoms with Gasteiger partial charge in [-0.3, -0.25) is 9.78 Å². The molecule has 3 aromatic rings. The number of hydrogen-bond acceptors (Lipinski definition) is 3. The van der Waals surface area contributed by atoms with Crippen LogP contribution in [-0.2, 0) is 13.0 Å². The van der Waals surface area contributed by atoms with Gasteiger partial charge in [0.2, 0.25) is 0 Å². The van der Waals surface area contributed by atoms with E-state index in [1.54, 1.807) is 29.1 Å². The van der Waals surface area contributed by atoms with Crippen molar-refractivity contribution in [2.45, 2.75) is 26.8 Å². The number of H-pyrrole nitrogens is 1. The van der Waals surface area contributed by atoms with Gasteiger partial charge in [-0.1, -0.05) is 25.4 Å². The minimum absolute atomic E-state index is 0.195. The molecular weight excluding hydrogens is 312 g/mol. The van der Waals surface area contributed by atoms with E-state index < -0.39 is 0 Å². The van der Waals surface area contributed by atoms with E-state index in [9.17, 15) is 4.79 Å². The van der Waals surface area contributed by atoms with Crippen LogP contribution in [0.4, 0.5) is 5.69 Å². The van der Waals surface area contributed by atoms with E-state index in [0.717, 1.165) is 28.7 Å². The van der Waals surface area contributed by atoms with Crippen LogP contribution in [0.5, 0.6) is 0 Å². The number of aromatic nitrogens is 3. The summed E-state index contributed by atoms with van der Waals surface area (Å²) in [6.07, 6.45) is 4.28. The summed E-state index contributed by atoms with van der Waals surface area (Å²) in [7, 11) is 0. The van der Waals surface area contributed by atoms with Crippen LogP contribution >= 0.6 is 11.6 Å². The Labute approximate surface area is 139 Å². The first-order valence-electron chi connectivity index (χ1n) is 7.55. The number of rotatable bonds is 4. The van der Waals surface area contributed by atoms with Crippen LogP contribution in [0.25, 0.3) is 11.0 Å². The van der Waals surface area contributed by atoms with E-state index in [4.69, 9.17) is 17.3 Å². The lowest BCUT2D eigenvalue weighted by Gasteiger charge is -2.08. The third kappa shape index (κ3) is 3.10. The summed E-state index contributed by atoms with van der Waals surface area (Å²) < 4.78 is 1.57. The lowest BCUT2D eigenvalue weighted by atomic mass is 10.0. The Morgan fingerprint density at radius 3 is 2.96 bits per heavy atom. The number of nitrogens with zero attached hydrogens (tertiary/aromatic N) is 2. The molecule has 0 radical (unpaired) electrons. The molecule has 6 heteroatoms. The maximum Gasteiger partial charge on any atom is 0.274 e. The SMILES string of the molecule is CC(C)Cc1c(Cl)cnc2cc(Cn3cccc(N)c3=O)[nH]c12. The van der Waals surface area contributed by atoms with Crippen LogP contribution in [0.15, 0.2) is 35.4 Å². The van der Waals surface area contributed by atoms with Crippen molar-refractivity contribution in [2.24, 2.45) is 5.92 Å². The van der Waals surface area contributed by atoms with Crippen molar-refractivity contribution in [2.75, 3.05) is 5.73 Å². The molecule has 0 aliphatic carbocycles. The van der Waals surface area contributed by atoms with Crippen LogP contribution in [-0.4, -0.2) is 14.5 Å². The third-order valence-corrected chi connectivity index (χ3v) is 4.09. The van der Waals surface area contributed by atoms with Gasteiger partial charge in [-0.2, -0.15) is 0 Å². The van der Waals surface area contributed by atoms with Crippen LogP contribution in [0.2, 0.25) is 5.02 Å². The number of aromatic amines is 1. The second-order valence-electron chi connectivity index (χ2n) is 6.13. The maximum absolute atomic E-state index is 12.0.